The number of nitrogens with one attached hydrogen (secondary N) is 1. The number of aliphatic hydroxyl groups excluding tert-OH is 5. The number of aliphatic hydroxyl groups is 5. The summed E-state index contributed by atoms with van der Waals surface area (Å²) >= 11 is 0. The standard InChI is InChI=1S/C64H121NO10/c1-4-7-10-13-16-19-22-25-26-27-28-29-30-31-32-34-37-40-43-46-49-52-59(69)75-62-61(71)60(70)58(53-66)74-64(62)73-54-55(56(67)50-47-44-41-38-35-24-21-18-15-12-9-6-3)65-63(72)57(68)51-48-45-42-39-36-33-23-20-17-14-11-8-5-2/h25-26,47,50,55-58,60-62,64,66-68,70-71H,4-24,27-46,48-49,51-54H2,1-3H3,(H,65,72)/b26-25+,50-47+. The number of hydrogen-bond acceptors (Lipinski definition) is 10. The van der Waals surface area contributed by atoms with E-state index >= 15 is 0 Å². The van der Waals surface area contributed by atoms with Crippen molar-refractivity contribution in [1.82, 2.24) is 5.32 Å². The Hall–Kier alpha value is -1.86. The number of allylic oxidation sites excluding steroid dienone is 3. The van der Waals surface area contributed by atoms with Crippen molar-refractivity contribution < 1.29 is 49.3 Å². The molecule has 11 nitrogen and oxygen atoms in total. The lowest BCUT2D eigenvalue weighted by atomic mass is 9.99. The van der Waals surface area contributed by atoms with Gasteiger partial charge in [-0.05, 0) is 51.4 Å². The van der Waals surface area contributed by atoms with E-state index in [1.165, 1.54) is 205 Å². The van der Waals surface area contributed by atoms with Crippen LogP contribution in [0.2, 0.25) is 0 Å². The first kappa shape index (κ1) is 71.2. The topological polar surface area (TPSA) is 175 Å². The molecule has 1 amide bonds. The maximum atomic E-state index is 13.4. The Labute approximate surface area is 461 Å². The second-order valence-corrected chi connectivity index (χ2v) is 22.5. The number of carbonyl (C=O) groups excluding carboxylic acids is 2. The average Bonchev–Trinajstić information content (AvgIpc) is 3.41. The van der Waals surface area contributed by atoms with Gasteiger partial charge in [-0.25, -0.2) is 0 Å². The normalized spacial score (nSPS) is 19.3. The molecule has 0 aromatic heterocycles. The van der Waals surface area contributed by atoms with Crippen LogP contribution in [0.5, 0.6) is 0 Å². The van der Waals surface area contributed by atoms with Crippen molar-refractivity contribution in [3.05, 3.63) is 24.3 Å². The van der Waals surface area contributed by atoms with Gasteiger partial charge < -0.3 is 45.1 Å². The quantitative estimate of drug-likeness (QED) is 0.0195. The van der Waals surface area contributed by atoms with Crippen LogP contribution in [0, 0.1) is 0 Å². The Balaban J connectivity index is 2.62. The fourth-order valence-corrected chi connectivity index (χ4v) is 10.2. The van der Waals surface area contributed by atoms with E-state index in [-0.39, 0.29) is 13.0 Å². The Morgan fingerprint density at radius 3 is 1.29 bits per heavy atom. The van der Waals surface area contributed by atoms with Gasteiger partial charge in [-0.1, -0.05) is 276 Å². The molecule has 11 heteroatoms. The minimum Gasteiger partial charge on any atom is -0.454 e. The molecule has 0 radical (unpaired) electrons. The van der Waals surface area contributed by atoms with Crippen LogP contribution < -0.4 is 5.32 Å². The van der Waals surface area contributed by atoms with Gasteiger partial charge in [-0.3, -0.25) is 9.59 Å². The third-order valence-electron chi connectivity index (χ3n) is 15.4. The molecule has 1 fully saturated rings. The van der Waals surface area contributed by atoms with Crippen molar-refractivity contribution in [2.75, 3.05) is 13.2 Å². The number of esters is 1. The molecule has 0 bridgehead atoms. The molecule has 0 aromatic rings. The summed E-state index contributed by atoms with van der Waals surface area (Å²) in [6.45, 7) is 5.81. The highest BCUT2D eigenvalue weighted by Crippen LogP contribution is 2.26. The summed E-state index contributed by atoms with van der Waals surface area (Å²) in [4.78, 5) is 26.5. The van der Waals surface area contributed by atoms with Gasteiger partial charge in [0, 0.05) is 6.42 Å². The zero-order chi connectivity index (χ0) is 54.7. The fraction of sp³-hybridized carbons (Fsp3) is 0.906. The highest BCUT2D eigenvalue weighted by molar-refractivity contribution is 5.80. The average molecular weight is 1060 g/mol. The molecule has 1 saturated heterocycles. The summed E-state index contributed by atoms with van der Waals surface area (Å²) in [7, 11) is 0. The molecule has 75 heavy (non-hydrogen) atoms. The fourth-order valence-electron chi connectivity index (χ4n) is 10.2. The molecule has 1 heterocycles. The lowest BCUT2D eigenvalue weighted by molar-refractivity contribution is -0.305. The molecular weight excluding hydrogens is 943 g/mol. The van der Waals surface area contributed by atoms with Gasteiger partial charge in [0.2, 0.25) is 5.91 Å². The number of ether oxygens (including phenoxy) is 3. The van der Waals surface area contributed by atoms with E-state index in [4.69, 9.17) is 14.2 Å². The van der Waals surface area contributed by atoms with Crippen LogP contribution in [0.1, 0.15) is 310 Å². The molecule has 0 aliphatic carbocycles. The largest absolute Gasteiger partial charge is 0.454 e. The predicted molar refractivity (Wildman–Crippen MR) is 311 cm³/mol. The zero-order valence-corrected chi connectivity index (χ0v) is 48.9. The van der Waals surface area contributed by atoms with Crippen LogP contribution in [0.4, 0.5) is 0 Å². The molecule has 1 aliphatic heterocycles. The Bertz CT molecular complexity index is 1310. The molecule has 8 unspecified atom stereocenters. The lowest BCUT2D eigenvalue weighted by Crippen LogP contribution is -2.61. The third-order valence-corrected chi connectivity index (χ3v) is 15.4. The van der Waals surface area contributed by atoms with Crippen molar-refractivity contribution >= 4 is 11.9 Å². The number of amides is 1. The van der Waals surface area contributed by atoms with E-state index < -0.39 is 67.4 Å². The summed E-state index contributed by atoms with van der Waals surface area (Å²) in [5, 5.41) is 57.0. The minimum absolute atomic E-state index is 0.127. The van der Waals surface area contributed by atoms with E-state index in [0.717, 1.165) is 57.8 Å². The summed E-state index contributed by atoms with van der Waals surface area (Å²) in [5.41, 5.74) is 0. The lowest BCUT2D eigenvalue weighted by Gasteiger charge is -2.41. The number of carbonyl (C=O) groups is 2. The van der Waals surface area contributed by atoms with Crippen LogP contribution in [0.3, 0.4) is 0 Å². The second kappa shape index (κ2) is 52.8. The van der Waals surface area contributed by atoms with E-state index in [1.54, 1.807) is 6.08 Å². The van der Waals surface area contributed by atoms with Crippen LogP contribution in [0.15, 0.2) is 24.3 Å². The molecule has 0 spiro atoms. The van der Waals surface area contributed by atoms with Crippen LogP contribution in [-0.4, -0.2) is 99.6 Å². The molecule has 442 valence electrons. The SMILES string of the molecule is CCCCCCCC/C=C/CCCCCCCCCCCCCC(=O)OC1C(OCC(NC(=O)C(O)CCCCCCCCCCCCCCC)C(O)/C=C/CCCCCCCCCCCC)OC(CO)C(O)C1O. The van der Waals surface area contributed by atoms with E-state index in [9.17, 15) is 35.1 Å². The smallest absolute Gasteiger partial charge is 0.306 e. The molecule has 0 aromatic carbocycles. The maximum Gasteiger partial charge on any atom is 0.306 e. The molecule has 6 N–H and O–H groups in total. The first-order chi connectivity index (χ1) is 36.7. The van der Waals surface area contributed by atoms with Gasteiger partial charge in [0.25, 0.3) is 0 Å². The van der Waals surface area contributed by atoms with Gasteiger partial charge in [0.05, 0.1) is 25.4 Å². The summed E-state index contributed by atoms with van der Waals surface area (Å²) in [6.07, 6.45) is 50.7. The van der Waals surface area contributed by atoms with E-state index in [2.05, 4.69) is 38.2 Å². The van der Waals surface area contributed by atoms with Gasteiger partial charge in [0.15, 0.2) is 12.4 Å². The Kier molecular flexibility index (Phi) is 50.1. The van der Waals surface area contributed by atoms with E-state index in [0.29, 0.717) is 19.3 Å². The highest BCUT2D eigenvalue weighted by atomic mass is 16.7. The van der Waals surface area contributed by atoms with Gasteiger partial charge in [-0.15, -0.1) is 0 Å². The van der Waals surface area contributed by atoms with Crippen molar-refractivity contribution in [3.8, 4) is 0 Å². The Morgan fingerprint density at radius 1 is 0.507 bits per heavy atom. The third kappa shape index (κ3) is 40.9. The van der Waals surface area contributed by atoms with Gasteiger partial charge in [0.1, 0.15) is 24.4 Å². The first-order valence-electron chi connectivity index (χ1n) is 32.1. The van der Waals surface area contributed by atoms with E-state index in [1.807, 2.05) is 6.08 Å². The predicted octanol–water partition coefficient (Wildman–Crippen LogP) is 15.3. The molecular formula is C64H121NO10. The van der Waals surface area contributed by atoms with Gasteiger partial charge >= 0.3 is 5.97 Å². The monoisotopic (exact) mass is 1060 g/mol. The first-order valence-corrected chi connectivity index (χ1v) is 32.1. The van der Waals surface area contributed by atoms with Crippen LogP contribution >= 0.6 is 0 Å². The highest BCUT2D eigenvalue weighted by Gasteiger charge is 2.47. The zero-order valence-electron chi connectivity index (χ0n) is 48.9. The van der Waals surface area contributed by atoms with Crippen molar-refractivity contribution in [1.29, 1.82) is 0 Å². The molecule has 1 rings (SSSR count). The summed E-state index contributed by atoms with van der Waals surface area (Å²) < 4.78 is 17.6. The van der Waals surface area contributed by atoms with Gasteiger partial charge in [-0.2, -0.15) is 0 Å². The maximum absolute atomic E-state index is 13.4. The molecule has 8 atom stereocenters. The minimum atomic E-state index is -1.61. The number of hydrogen-bond donors (Lipinski definition) is 6. The van der Waals surface area contributed by atoms with Crippen LogP contribution in [0.25, 0.3) is 0 Å². The number of unbranched alkanes of at least 4 members (excludes halogenated alkanes) is 39. The molecule has 1 aliphatic rings. The van der Waals surface area contributed by atoms with Crippen LogP contribution in [-0.2, 0) is 23.8 Å². The van der Waals surface area contributed by atoms with Crippen molar-refractivity contribution in [2.45, 2.75) is 359 Å². The second-order valence-electron chi connectivity index (χ2n) is 22.5. The number of rotatable bonds is 55. The van der Waals surface area contributed by atoms with Crippen molar-refractivity contribution in [3.63, 3.8) is 0 Å². The summed E-state index contributed by atoms with van der Waals surface area (Å²) in [6, 6.07) is -1.02. The summed E-state index contributed by atoms with van der Waals surface area (Å²) in [5.74, 6) is -1.18. The van der Waals surface area contributed by atoms with Crippen molar-refractivity contribution in [2.24, 2.45) is 0 Å². The molecule has 0 saturated carbocycles. The Morgan fingerprint density at radius 2 is 0.880 bits per heavy atom.